The van der Waals surface area contributed by atoms with Crippen molar-refractivity contribution in [1.82, 2.24) is 0 Å². The van der Waals surface area contributed by atoms with Crippen LogP contribution in [0.25, 0.3) is 0 Å². The second-order valence-corrected chi connectivity index (χ2v) is 4.45. The van der Waals surface area contributed by atoms with E-state index in [1.54, 1.807) is 6.92 Å². The van der Waals surface area contributed by atoms with Crippen LogP contribution in [0.5, 0.6) is 0 Å². The van der Waals surface area contributed by atoms with Crippen molar-refractivity contribution in [3.8, 4) is 0 Å². The molecule has 0 aliphatic heterocycles. The molecular weight excluding hydrogens is 198 g/mol. The molecule has 0 spiro atoms. The van der Waals surface area contributed by atoms with Crippen molar-refractivity contribution >= 4 is 5.78 Å². The predicted molar refractivity (Wildman–Crippen MR) is 52.8 cm³/mol. The lowest BCUT2D eigenvalue weighted by Crippen LogP contribution is -2.15. The predicted octanol–water partition coefficient (Wildman–Crippen LogP) is 3.26. The van der Waals surface area contributed by atoms with Crippen molar-refractivity contribution in [2.24, 2.45) is 5.41 Å². The fourth-order valence-electron chi connectivity index (χ4n) is 1.56. The van der Waals surface area contributed by atoms with Gasteiger partial charge in [-0.2, -0.15) is 0 Å². The van der Waals surface area contributed by atoms with Crippen LogP contribution in [0.3, 0.4) is 0 Å². The molecule has 0 aromatic heterocycles. The van der Waals surface area contributed by atoms with E-state index in [0.717, 1.165) is 12.8 Å². The molecule has 0 N–H and O–H groups in total. The normalized spacial score (nSPS) is 17.6. The van der Waals surface area contributed by atoms with Crippen LogP contribution in [0.2, 0.25) is 0 Å². The molecule has 0 bridgehead atoms. The summed E-state index contributed by atoms with van der Waals surface area (Å²) >= 11 is 0. The number of hydrogen-bond donors (Lipinski definition) is 0. The number of hydrogen-bond acceptors (Lipinski definition) is 1. The van der Waals surface area contributed by atoms with Gasteiger partial charge in [0.25, 0.3) is 0 Å². The average Bonchev–Trinajstić information content (AvgIpc) is 2.94. The quantitative estimate of drug-likeness (QED) is 0.685. The van der Waals surface area contributed by atoms with E-state index in [1.165, 1.54) is 19.1 Å². The summed E-state index contributed by atoms with van der Waals surface area (Å²) in [6, 6.07) is 2.82. The van der Waals surface area contributed by atoms with Gasteiger partial charge in [-0.25, -0.2) is 8.78 Å². The molecule has 80 valence electrons. The van der Waals surface area contributed by atoms with Crippen molar-refractivity contribution in [3.05, 3.63) is 34.9 Å². The molecule has 0 radical (unpaired) electrons. The van der Waals surface area contributed by atoms with Gasteiger partial charge in [0.2, 0.25) is 0 Å². The lowest BCUT2D eigenvalue weighted by Gasteiger charge is -2.09. The molecule has 15 heavy (non-hydrogen) atoms. The molecule has 0 saturated heterocycles. The van der Waals surface area contributed by atoms with Crippen LogP contribution >= 0.6 is 0 Å². The summed E-state index contributed by atoms with van der Waals surface area (Å²) in [6.07, 6.45) is 1.53. The van der Waals surface area contributed by atoms with Gasteiger partial charge >= 0.3 is 0 Å². The molecule has 0 amide bonds. The first-order chi connectivity index (χ1) is 6.96. The molecule has 1 aromatic carbocycles. The zero-order valence-corrected chi connectivity index (χ0v) is 8.73. The lowest BCUT2D eigenvalue weighted by atomic mass is 9.95. The molecule has 1 aromatic rings. The summed E-state index contributed by atoms with van der Waals surface area (Å²) in [5.41, 5.74) is -0.342. The molecule has 2 rings (SSSR count). The van der Waals surface area contributed by atoms with Gasteiger partial charge in [-0.3, -0.25) is 4.79 Å². The van der Waals surface area contributed by atoms with Gasteiger partial charge < -0.3 is 0 Å². The summed E-state index contributed by atoms with van der Waals surface area (Å²) in [4.78, 5) is 11.8. The fourth-order valence-corrected chi connectivity index (χ4v) is 1.56. The highest BCUT2D eigenvalue weighted by Gasteiger charge is 2.46. The molecule has 3 heteroatoms. The molecule has 0 atom stereocenters. The highest BCUT2D eigenvalue weighted by molar-refractivity contribution is 6.02. The molecular formula is C12H12F2O. The van der Waals surface area contributed by atoms with Crippen LogP contribution in [0, 0.1) is 24.0 Å². The Kier molecular flexibility index (Phi) is 2.14. The van der Waals surface area contributed by atoms with Gasteiger partial charge in [0.1, 0.15) is 0 Å². The van der Waals surface area contributed by atoms with Gasteiger partial charge in [0.15, 0.2) is 17.4 Å². The topological polar surface area (TPSA) is 17.1 Å². The Bertz CT molecular complexity index is 433. The lowest BCUT2D eigenvalue weighted by molar-refractivity contribution is 0.0907. The zero-order chi connectivity index (χ0) is 11.2. The Morgan fingerprint density at radius 1 is 1.27 bits per heavy atom. The van der Waals surface area contributed by atoms with Crippen LogP contribution in [0.15, 0.2) is 12.1 Å². The number of halogens is 2. The van der Waals surface area contributed by atoms with E-state index in [-0.39, 0.29) is 16.9 Å². The molecule has 1 fully saturated rings. The first kappa shape index (κ1) is 10.3. The molecule has 1 nitrogen and oxygen atoms in total. The van der Waals surface area contributed by atoms with Gasteiger partial charge in [-0.15, -0.1) is 0 Å². The third-order valence-corrected chi connectivity index (χ3v) is 3.07. The smallest absolute Gasteiger partial charge is 0.171 e. The summed E-state index contributed by atoms with van der Waals surface area (Å²) < 4.78 is 26.7. The third kappa shape index (κ3) is 1.56. The molecule has 0 unspecified atom stereocenters. The average molecular weight is 210 g/mol. The standard InChI is InChI=1S/C12H12F2O/c1-7-3-4-8(10(14)9(7)13)11(15)12(2)5-6-12/h3-4H,5-6H2,1-2H3. The SMILES string of the molecule is Cc1ccc(C(=O)C2(C)CC2)c(F)c1F. The van der Waals surface area contributed by atoms with Gasteiger partial charge in [-0.1, -0.05) is 13.0 Å². The maximum Gasteiger partial charge on any atom is 0.171 e. The van der Waals surface area contributed by atoms with Crippen molar-refractivity contribution in [2.45, 2.75) is 26.7 Å². The Morgan fingerprint density at radius 3 is 2.40 bits per heavy atom. The highest BCUT2D eigenvalue weighted by atomic mass is 19.2. The fraction of sp³-hybridized carbons (Fsp3) is 0.417. The number of rotatable bonds is 2. The van der Waals surface area contributed by atoms with Crippen molar-refractivity contribution in [3.63, 3.8) is 0 Å². The number of aryl methyl sites for hydroxylation is 1. The maximum atomic E-state index is 13.5. The molecule has 1 aliphatic rings. The van der Waals surface area contributed by atoms with Crippen molar-refractivity contribution < 1.29 is 13.6 Å². The van der Waals surface area contributed by atoms with E-state index in [4.69, 9.17) is 0 Å². The highest BCUT2D eigenvalue weighted by Crippen LogP contribution is 2.47. The number of carbonyl (C=O) groups is 1. The number of carbonyl (C=O) groups excluding carboxylic acids is 1. The van der Waals surface area contributed by atoms with Crippen LogP contribution in [-0.2, 0) is 0 Å². The Morgan fingerprint density at radius 2 is 1.87 bits per heavy atom. The van der Waals surface area contributed by atoms with E-state index in [2.05, 4.69) is 0 Å². The van der Waals surface area contributed by atoms with Gasteiger partial charge in [-0.05, 0) is 31.4 Å². The van der Waals surface area contributed by atoms with E-state index in [9.17, 15) is 13.6 Å². The number of Topliss-reactive ketones (excluding diaryl/α,β-unsaturated/α-hetero) is 1. The van der Waals surface area contributed by atoms with Crippen molar-refractivity contribution in [2.75, 3.05) is 0 Å². The van der Waals surface area contributed by atoms with E-state index >= 15 is 0 Å². The third-order valence-electron chi connectivity index (χ3n) is 3.07. The van der Waals surface area contributed by atoms with Gasteiger partial charge in [0, 0.05) is 5.41 Å². The molecule has 1 saturated carbocycles. The van der Waals surface area contributed by atoms with Gasteiger partial charge in [0.05, 0.1) is 5.56 Å². The van der Waals surface area contributed by atoms with Crippen LogP contribution in [0.4, 0.5) is 8.78 Å². The summed E-state index contributed by atoms with van der Waals surface area (Å²) in [5, 5.41) is 0. The van der Waals surface area contributed by atoms with Crippen LogP contribution in [-0.4, -0.2) is 5.78 Å². The Labute approximate surface area is 87.1 Å². The van der Waals surface area contributed by atoms with E-state index < -0.39 is 17.0 Å². The summed E-state index contributed by atoms with van der Waals surface area (Å²) in [5.74, 6) is -2.20. The van der Waals surface area contributed by atoms with Crippen LogP contribution < -0.4 is 0 Å². The molecule has 0 heterocycles. The molecule has 1 aliphatic carbocycles. The summed E-state index contributed by atoms with van der Waals surface area (Å²) in [7, 11) is 0. The second kappa shape index (κ2) is 3.12. The largest absolute Gasteiger partial charge is 0.293 e. The minimum absolute atomic E-state index is 0.113. The minimum atomic E-state index is -1.01. The first-order valence-corrected chi connectivity index (χ1v) is 4.95. The van der Waals surface area contributed by atoms with Crippen LogP contribution in [0.1, 0.15) is 35.7 Å². The maximum absolute atomic E-state index is 13.5. The monoisotopic (exact) mass is 210 g/mol. The van der Waals surface area contributed by atoms with E-state index in [0.29, 0.717) is 0 Å². The van der Waals surface area contributed by atoms with E-state index in [1.807, 2.05) is 0 Å². The Balaban J connectivity index is 2.45. The first-order valence-electron chi connectivity index (χ1n) is 4.95. The summed E-state index contributed by atoms with van der Waals surface area (Å²) in [6.45, 7) is 3.26. The number of benzene rings is 1. The second-order valence-electron chi connectivity index (χ2n) is 4.45. The zero-order valence-electron chi connectivity index (χ0n) is 8.73. The Hall–Kier alpha value is -1.25. The van der Waals surface area contributed by atoms with Crippen molar-refractivity contribution in [1.29, 1.82) is 0 Å². The number of ketones is 1. The minimum Gasteiger partial charge on any atom is -0.293 e.